The first-order valence-electron chi connectivity index (χ1n) is 7.38. The lowest BCUT2D eigenvalue weighted by Crippen LogP contribution is -2.16. The van der Waals surface area contributed by atoms with Crippen LogP contribution in [0.3, 0.4) is 0 Å². The van der Waals surface area contributed by atoms with Gasteiger partial charge in [0.2, 0.25) is 0 Å². The zero-order chi connectivity index (χ0) is 17.4. The molecule has 1 aliphatic heterocycles. The molecule has 0 saturated heterocycles. The number of aromatic hydroxyl groups is 1. The van der Waals surface area contributed by atoms with Crippen LogP contribution in [0.5, 0.6) is 17.2 Å². The second-order valence-corrected chi connectivity index (χ2v) is 7.47. The molecule has 128 valence electrons. The third kappa shape index (κ3) is 3.20. The van der Waals surface area contributed by atoms with Gasteiger partial charge in [0.15, 0.2) is 27.3 Å². The number of hydrogen-bond donors (Lipinski definition) is 2. The second kappa shape index (κ2) is 6.41. The highest BCUT2D eigenvalue weighted by Crippen LogP contribution is 2.34. The number of pyridine rings is 1. The molecule has 1 aromatic carbocycles. The molecule has 9 heteroatoms. The number of ketones is 1. The summed E-state index contributed by atoms with van der Waals surface area (Å²) in [5.41, 5.74) is 0.442. The molecule has 7 nitrogen and oxygen atoms in total. The fourth-order valence-electron chi connectivity index (χ4n) is 2.39. The van der Waals surface area contributed by atoms with E-state index in [0.717, 1.165) is 6.07 Å². The van der Waals surface area contributed by atoms with E-state index in [1.165, 1.54) is 23.1 Å². The van der Waals surface area contributed by atoms with E-state index in [1.807, 2.05) is 0 Å². The highest BCUT2D eigenvalue weighted by Gasteiger charge is 2.16. The van der Waals surface area contributed by atoms with Gasteiger partial charge in [-0.15, -0.1) is 11.3 Å². The lowest BCUT2D eigenvalue weighted by Gasteiger charge is -2.18. The smallest absolute Gasteiger partial charge is 0.253 e. The van der Waals surface area contributed by atoms with Crippen molar-refractivity contribution in [3.8, 4) is 17.2 Å². The molecule has 2 aromatic heterocycles. The highest BCUT2D eigenvalue weighted by molar-refractivity contribution is 8.01. The minimum Gasteiger partial charge on any atom is -0.506 e. The molecule has 0 spiro atoms. The number of hydrogen-bond acceptors (Lipinski definition) is 8. The number of benzene rings is 1. The first-order valence-corrected chi connectivity index (χ1v) is 9.19. The van der Waals surface area contributed by atoms with Crippen LogP contribution in [-0.2, 0) is 0 Å². The van der Waals surface area contributed by atoms with Gasteiger partial charge in [0.1, 0.15) is 23.7 Å². The number of aromatic nitrogens is 2. The van der Waals surface area contributed by atoms with Crippen LogP contribution < -0.4 is 15.0 Å². The quantitative estimate of drug-likeness (QED) is 0.533. The van der Waals surface area contributed by atoms with E-state index in [1.54, 1.807) is 18.2 Å². The van der Waals surface area contributed by atoms with Gasteiger partial charge < -0.3 is 19.6 Å². The SMILES string of the molecule is O=C(CSc1nc2[nH]c(=O)cc(O)c2s1)c1ccc2c(c1)OCCO2. The molecular formula is C16H12N2O5S2. The van der Waals surface area contributed by atoms with Crippen molar-refractivity contribution >= 4 is 39.2 Å². The molecule has 0 saturated carbocycles. The lowest BCUT2D eigenvalue weighted by molar-refractivity contribution is 0.102. The third-order valence-electron chi connectivity index (χ3n) is 3.54. The van der Waals surface area contributed by atoms with Crippen molar-refractivity contribution in [3.05, 3.63) is 40.2 Å². The van der Waals surface area contributed by atoms with Crippen LogP contribution in [0.25, 0.3) is 10.3 Å². The Bertz CT molecular complexity index is 1030. The number of thioether (sulfide) groups is 1. The number of thiazole rings is 1. The zero-order valence-corrected chi connectivity index (χ0v) is 14.4. The first kappa shape index (κ1) is 16.0. The summed E-state index contributed by atoms with van der Waals surface area (Å²) in [6.07, 6.45) is 0. The van der Waals surface area contributed by atoms with Crippen molar-refractivity contribution in [1.29, 1.82) is 0 Å². The molecule has 0 aliphatic carbocycles. The predicted molar refractivity (Wildman–Crippen MR) is 94.4 cm³/mol. The Labute approximate surface area is 149 Å². The Morgan fingerprint density at radius 2 is 2.08 bits per heavy atom. The monoisotopic (exact) mass is 376 g/mol. The summed E-state index contributed by atoms with van der Waals surface area (Å²) in [6, 6.07) is 6.22. The van der Waals surface area contributed by atoms with Gasteiger partial charge in [-0.1, -0.05) is 11.8 Å². The van der Waals surface area contributed by atoms with Gasteiger partial charge in [0.05, 0.1) is 5.75 Å². The Morgan fingerprint density at radius 1 is 1.28 bits per heavy atom. The van der Waals surface area contributed by atoms with Crippen molar-refractivity contribution in [2.45, 2.75) is 4.34 Å². The Hall–Kier alpha value is -2.52. The molecule has 3 heterocycles. The van der Waals surface area contributed by atoms with E-state index in [9.17, 15) is 14.7 Å². The number of Topliss-reactive ketones (excluding diaryl/α,β-unsaturated/α-hetero) is 1. The Balaban J connectivity index is 1.50. The van der Waals surface area contributed by atoms with Crippen LogP contribution >= 0.6 is 23.1 Å². The van der Waals surface area contributed by atoms with Gasteiger partial charge >= 0.3 is 0 Å². The van der Waals surface area contributed by atoms with Crippen LogP contribution in [0.2, 0.25) is 0 Å². The second-order valence-electron chi connectivity index (χ2n) is 5.25. The van der Waals surface area contributed by atoms with E-state index in [-0.39, 0.29) is 17.3 Å². The molecule has 4 rings (SSSR count). The van der Waals surface area contributed by atoms with Crippen molar-refractivity contribution in [2.75, 3.05) is 19.0 Å². The summed E-state index contributed by atoms with van der Waals surface area (Å²) in [5, 5.41) is 9.78. The molecule has 0 amide bonds. The Kier molecular flexibility index (Phi) is 4.10. The topological polar surface area (TPSA) is 102 Å². The van der Waals surface area contributed by atoms with Gasteiger partial charge in [-0.3, -0.25) is 9.59 Å². The van der Waals surface area contributed by atoms with E-state index < -0.39 is 5.56 Å². The van der Waals surface area contributed by atoms with Crippen molar-refractivity contribution in [3.63, 3.8) is 0 Å². The number of fused-ring (bicyclic) bond motifs is 2. The largest absolute Gasteiger partial charge is 0.506 e. The lowest BCUT2D eigenvalue weighted by atomic mass is 10.1. The minimum absolute atomic E-state index is 0.0704. The fourth-order valence-corrected chi connectivity index (χ4v) is 4.30. The molecule has 3 aromatic rings. The van der Waals surface area contributed by atoms with E-state index >= 15 is 0 Å². The number of aromatic amines is 1. The maximum absolute atomic E-state index is 12.4. The van der Waals surface area contributed by atoms with Gasteiger partial charge in [-0.25, -0.2) is 4.98 Å². The van der Waals surface area contributed by atoms with Crippen molar-refractivity contribution < 1.29 is 19.4 Å². The van der Waals surface area contributed by atoms with Crippen LogP contribution in [0, 0.1) is 0 Å². The molecule has 0 radical (unpaired) electrons. The average Bonchev–Trinajstić information content (AvgIpc) is 3.02. The highest BCUT2D eigenvalue weighted by atomic mass is 32.2. The summed E-state index contributed by atoms with van der Waals surface area (Å²) in [7, 11) is 0. The Morgan fingerprint density at radius 3 is 2.92 bits per heavy atom. The number of nitrogens with zero attached hydrogens (tertiary/aromatic N) is 1. The van der Waals surface area contributed by atoms with Gasteiger partial charge in [-0.05, 0) is 18.2 Å². The fraction of sp³-hybridized carbons (Fsp3) is 0.188. The number of H-pyrrole nitrogens is 1. The maximum atomic E-state index is 12.4. The number of nitrogens with one attached hydrogen (secondary N) is 1. The molecule has 0 atom stereocenters. The summed E-state index contributed by atoms with van der Waals surface area (Å²) in [6.45, 7) is 0.968. The zero-order valence-electron chi connectivity index (χ0n) is 12.8. The van der Waals surface area contributed by atoms with Crippen molar-refractivity contribution in [2.24, 2.45) is 0 Å². The molecule has 25 heavy (non-hydrogen) atoms. The van der Waals surface area contributed by atoms with Crippen LogP contribution in [0.1, 0.15) is 10.4 Å². The molecular weight excluding hydrogens is 364 g/mol. The molecule has 2 N–H and O–H groups in total. The number of carbonyl (C=O) groups is 1. The van der Waals surface area contributed by atoms with E-state index in [4.69, 9.17) is 9.47 Å². The summed E-state index contributed by atoms with van der Waals surface area (Å²) < 4.78 is 12.0. The van der Waals surface area contributed by atoms with Crippen LogP contribution in [0.15, 0.2) is 33.4 Å². The molecule has 0 unspecified atom stereocenters. The van der Waals surface area contributed by atoms with Gasteiger partial charge in [0.25, 0.3) is 5.56 Å². The summed E-state index contributed by atoms with van der Waals surface area (Å²) >= 11 is 2.48. The van der Waals surface area contributed by atoms with Crippen LogP contribution in [0.4, 0.5) is 0 Å². The number of rotatable bonds is 4. The maximum Gasteiger partial charge on any atom is 0.253 e. The molecule has 1 aliphatic rings. The number of carbonyl (C=O) groups excluding carboxylic acids is 1. The average molecular weight is 376 g/mol. The minimum atomic E-state index is -0.417. The van der Waals surface area contributed by atoms with Crippen LogP contribution in [-0.4, -0.2) is 39.8 Å². The van der Waals surface area contributed by atoms with Gasteiger partial charge in [-0.2, -0.15) is 0 Å². The number of ether oxygens (including phenoxy) is 2. The third-order valence-corrected chi connectivity index (χ3v) is 5.76. The van der Waals surface area contributed by atoms with E-state index in [0.29, 0.717) is 45.0 Å². The standard InChI is InChI=1S/C16H12N2O5S2/c19-9-6-13(21)17-15-14(9)25-16(18-15)24-7-10(20)8-1-2-11-12(5-8)23-4-3-22-11/h1-2,5-6H,3-4,7H2,(H2,17,19,21). The normalized spacial score (nSPS) is 13.1. The first-order chi connectivity index (χ1) is 12.1. The van der Waals surface area contributed by atoms with E-state index in [2.05, 4.69) is 9.97 Å². The predicted octanol–water partition coefficient (Wildman–Crippen LogP) is 2.44. The van der Waals surface area contributed by atoms with Gasteiger partial charge in [0, 0.05) is 11.6 Å². The molecule has 0 bridgehead atoms. The molecule has 0 fully saturated rings. The summed E-state index contributed by atoms with van der Waals surface area (Å²) in [4.78, 5) is 30.5. The van der Waals surface area contributed by atoms with Crippen molar-refractivity contribution in [1.82, 2.24) is 9.97 Å². The summed E-state index contributed by atoms with van der Waals surface area (Å²) in [5.74, 6) is 1.22.